The van der Waals surface area contributed by atoms with Crippen LogP contribution >= 0.6 is 0 Å². The van der Waals surface area contributed by atoms with Gasteiger partial charge in [0.15, 0.2) is 6.04 Å². The van der Waals surface area contributed by atoms with Crippen molar-refractivity contribution in [3.8, 4) is 0 Å². The Balaban J connectivity index is 1.83. The number of amides is 2. The lowest BCUT2D eigenvalue weighted by Gasteiger charge is -2.37. The van der Waals surface area contributed by atoms with E-state index in [1.165, 1.54) is 17.7 Å². The van der Waals surface area contributed by atoms with E-state index < -0.39 is 0 Å². The quantitative estimate of drug-likeness (QED) is 0.775. The molecule has 0 aromatic heterocycles. The van der Waals surface area contributed by atoms with Crippen molar-refractivity contribution in [1.82, 2.24) is 10.2 Å². The number of carbonyl (C=O) groups excluding carboxylic acids is 2. The van der Waals surface area contributed by atoms with Crippen LogP contribution in [-0.4, -0.2) is 55.0 Å². The minimum atomic E-state index is -0.0291. The molecule has 0 bridgehead atoms. The van der Waals surface area contributed by atoms with Crippen LogP contribution in [0, 0.1) is 11.8 Å². The summed E-state index contributed by atoms with van der Waals surface area (Å²) in [6, 6.07) is 0.301. The molecule has 0 spiro atoms. The molecule has 2 aliphatic rings. The zero-order valence-electron chi connectivity index (χ0n) is 14.5. The lowest BCUT2D eigenvalue weighted by Crippen LogP contribution is -3.19. The minimum Gasteiger partial charge on any atom is -0.348 e. The molecule has 126 valence electrons. The second kappa shape index (κ2) is 7.44. The van der Waals surface area contributed by atoms with Gasteiger partial charge in [-0.25, -0.2) is 0 Å². The number of rotatable bonds is 3. The van der Waals surface area contributed by atoms with Crippen LogP contribution in [0.25, 0.3) is 0 Å². The van der Waals surface area contributed by atoms with Gasteiger partial charge in [0.1, 0.15) is 0 Å². The van der Waals surface area contributed by atoms with Crippen molar-refractivity contribution in [3.63, 3.8) is 0 Å². The van der Waals surface area contributed by atoms with Crippen molar-refractivity contribution in [2.45, 2.75) is 59.0 Å². The van der Waals surface area contributed by atoms with Crippen molar-refractivity contribution >= 4 is 11.8 Å². The predicted molar refractivity (Wildman–Crippen MR) is 86.5 cm³/mol. The summed E-state index contributed by atoms with van der Waals surface area (Å²) in [6.45, 7) is 11.4. The highest BCUT2D eigenvalue weighted by molar-refractivity contribution is 5.80. The molecule has 1 heterocycles. The molecule has 1 aliphatic heterocycles. The summed E-state index contributed by atoms with van der Waals surface area (Å²) >= 11 is 0. The summed E-state index contributed by atoms with van der Waals surface area (Å²) in [7, 11) is 0. The summed E-state index contributed by atoms with van der Waals surface area (Å²) in [5, 5.41) is 3.29. The van der Waals surface area contributed by atoms with Crippen LogP contribution in [0.4, 0.5) is 0 Å². The van der Waals surface area contributed by atoms with Crippen LogP contribution in [0.15, 0.2) is 0 Å². The van der Waals surface area contributed by atoms with E-state index >= 15 is 0 Å². The molecule has 4 atom stereocenters. The zero-order chi connectivity index (χ0) is 16.3. The van der Waals surface area contributed by atoms with E-state index in [4.69, 9.17) is 0 Å². The summed E-state index contributed by atoms with van der Waals surface area (Å²) in [6.07, 6.45) is 3.60. The summed E-state index contributed by atoms with van der Waals surface area (Å²) in [5.74, 6) is 1.58. The van der Waals surface area contributed by atoms with Crippen molar-refractivity contribution in [2.24, 2.45) is 11.8 Å². The van der Waals surface area contributed by atoms with Crippen molar-refractivity contribution in [3.05, 3.63) is 0 Å². The standard InChI is InChI=1S/C17H31N3O2/c1-12-6-5-7-16(13(12)2)18-17(22)14(3)19-8-10-20(11-9-19)15(4)21/h12-14,16H,5-11H2,1-4H3,(H,18,22)/p+1/t12-,13-,14-,16+/m1/s1. The van der Waals surface area contributed by atoms with Gasteiger partial charge in [-0.1, -0.05) is 26.7 Å². The molecular weight excluding hydrogens is 278 g/mol. The number of hydrogen-bond acceptors (Lipinski definition) is 2. The lowest BCUT2D eigenvalue weighted by atomic mass is 9.78. The highest BCUT2D eigenvalue weighted by Crippen LogP contribution is 2.29. The maximum absolute atomic E-state index is 12.6. The van der Waals surface area contributed by atoms with Crippen LogP contribution in [0.5, 0.6) is 0 Å². The second-order valence-corrected chi connectivity index (χ2v) is 7.27. The first-order chi connectivity index (χ1) is 10.4. The van der Waals surface area contributed by atoms with E-state index in [0.29, 0.717) is 17.9 Å². The topological polar surface area (TPSA) is 53.9 Å². The average molecular weight is 310 g/mol. The van der Waals surface area contributed by atoms with Crippen molar-refractivity contribution < 1.29 is 14.5 Å². The third-order valence-electron chi connectivity index (χ3n) is 5.89. The van der Waals surface area contributed by atoms with Crippen LogP contribution < -0.4 is 10.2 Å². The number of hydrogen-bond donors (Lipinski definition) is 2. The first-order valence-electron chi connectivity index (χ1n) is 8.80. The smallest absolute Gasteiger partial charge is 0.278 e. The fraction of sp³-hybridized carbons (Fsp3) is 0.882. The van der Waals surface area contributed by atoms with E-state index in [2.05, 4.69) is 19.2 Å². The second-order valence-electron chi connectivity index (χ2n) is 7.27. The summed E-state index contributed by atoms with van der Waals surface area (Å²) in [4.78, 5) is 27.1. The first kappa shape index (κ1) is 17.3. The Kier molecular flexibility index (Phi) is 5.84. The van der Waals surface area contributed by atoms with Gasteiger partial charge in [-0.15, -0.1) is 0 Å². The molecule has 5 heteroatoms. The molecule has 2 amide bonds. The highest BCUT2D eigenvalue weighted by atomic mass is 16.2. The Morgan fingerprint density at radius 3 is 2.41 bits per heavy atom. The minimum absolute atomic E-state index is 0.0291. The maximum Gasteiger partial charge on any atom is 0.278 e. The molecule has 2 rings (SSSR count). The van der Waals surface area contributed by atoms with Crippen LogP contribution in [0.3, 0.4) is 0 Å². The largest absolute Gasteiger partial charge is 0.348 e. The van der Waals surface area contributed by atoms with E-state index in [-0.39, 0.29) is 17.9 Å². The molecular formula is C17H32N3O2+. The Morgan fingerprint density at radius 2 is 1.82 bits per heavy atom. The Bertz CT molecular complexity index is 405. The zero-order valence-corrected chi connectivity index (χ0v) is 14.5. The van der Waals surface area contributed by atoms with Crippen LogP contribution in [0.1, 0.15) is 47.0 Å². The summed E-state index contributed by atoms with van der Waals surface area (Å²) in [5.41, 5.74) is 0. The molecule has 22 heavy (non-hydrogen) atoms. The van der Waals surface area contributed by atoms with E-state index in [1.54, 1.807) is 6.92 Å². The summed E-state index contributed by atoms with van der Waals surface area (Å²) < 4.78 is 0. The van der Waals surface area contributed by atoms with Crippen LogP contribution in [0.2, 0.25) is 0 Å². The van der Waals surface area contributed by atoms with Gasteiger partial charge < -0.3 is 15.1 Å². The third kappa shape index (κ3) is 4.00. The van der Waals surface area contributed by atoms with E-state index in [9.17, 15) is 9.59 Å². The molecule has 1 saturated heterocycles. The molecule has 1 saturated carbocycles. The molecule has 1 aliphatic carbocycles. The Labute approximate surface area is 134 Å². The monoisotopic (exact) mass is 310 g/mol. The van der Waals surface area contributed by atoms with Gasteiger partial charge in [-0.2, -0.15) is 0 Å². The lowest BCUT2D eigenvalue weighted by molar-refractivity contribution is -0.918. The molecule has 5 nitrogen and oxygen atoms in total. The van der Waals surface area contributed by atoms with Crippen LogP contribution in [-0.2, 0) is 9.59 Å². The van der Waals surface area contributed by atoms with Crippen molar-refractivity contribution in [1.29, 1.82) is 0 Å². The predicted octanol–water partition coefficient (Wildman–Crippen LogP) is 0.0628. The van der Waals surface area contributed by atoms with Crippen molar-refractivity contribution in [2.75, 3.05) is 26.2 Å². The molecule has 0 aromatic carbocycles. The Morgan fingerprint density at radius 1 is 1.18 bits per heavy atom. The number of nitrogens with zero attached hydrogens (tertiary/aromatic N) is 1. The average Bonchev–Trinajstić information content (AvgIpc) is 2.51. The van der Waals surface area contributed by atoms with Gasteiger partial charge in [0.25, 0.3) is 5.91 Å². The molecule has 0 aromatic rings. The van der Waals surface area contributed by atoms with Gasteiger partial charge in [0, 0.05) is 13.0 Å². The number of quaternary nitrogens is 1. The molecule has 0 radical (unpaired) electrons. The number of piperazine rings is 1. The normalized spacial score (nSPS) is 31.6. The SMILES string of the molecule is CC(=O)N1CC[NH+]([C@H](C)C(=O)N[C@H]2CCC[C@@H](C)[C@H]2C)CC1. The first-order valence-corrected chi connectivity index (χ1v) is 8.80. The Hall–Kier alpha value is -1.10. The van der Waals surface area contributed by atoms with Gasteiger partial charge in [-0.3, -0.25) is 9.59 Å². The fourth-order valence-electron chi connectivity index (χ4n) is 3.82. The number of nitrogens with one attached hydrogen (secondary N) is 2. The van der Waals surface area contributed by atoms with Gasteiger partial charge in [0.05, 0.1) is 26.2 Å². The van der Waals surface area contributed by atoms with Gasteiger partial charge in [0.2, 0.25) is 5.91 Å². The molecule has 0 unspecified atom stereocenters. The third-order valence-corrected chi connectivity index (χ3v) is 5.89. The van der Waals surface area contributed by atoms with E-state index in [0.717, 1.165) is 32.6 Å². The van der Waals surface area contributed by atoms with E-state index in [1.807, 2.05) is 11.8 Å². The fourth-order valence-corrected chi connectivity index (χ4v) is 3.82. The molecule has 2 N–H and O–H groups in total. The number of carbonyl (C=O) groups is 2. The van der Waals surface area contributed by atoms with Gasteiger partial charge >= 0.3 is 0 Å². The highest BCUT2D eigenvalue weighted by Gasteiger charge is 2.33. The van der Waals surface area contributed by atoms with Gasteiger partial charge in [-0.05, 0) is 25.2 Å². The molecule has 2 fully saturated rings. The maximum atomic E-state index is 12.6.